The average molecular weight is 297 g/mol. The van der Waals surface area contributed by atoms with Gasteiger partial charge in [-0.05, 0) is 31.2 Å². The maximum Gasteiger partial charge on any atom is 0.270 e. The Balaban J connectivity index is 1.93. The van der Waals surface area contributed by atoms with Gasteiger partial charge in [-0.1, -0.05) is 11.6 Å². The van der Waals surface area contributed by atoms with E-state index in [9.17, 15) is 4.79 Å². The molecule has 6 heteroatoms. The number of nitrogens with one attached hydrogen (secondary N) is 1. The van der Waals surface area contributed by atoms with Crippen LogP contribution in [0.5, 0.6) is 5.75 Å². The molecule has 2 rings (SSSR count). The van der Waals surface area contributed by atoms with E-state index in [4.69, 9.17) is 16.3 Å². The highest BCUT2D eigenvalue weighted by atomic mass is 35.5. The van der Waals surface area contributed by atoms with Crippen LogP contribution in [0.1, 0.15) is 22.4 Å². The SMILES string of the molecule is CCNC(=O)c1csc(COc2ccc(Cl)cc2)n1. The second-order valence-corrected chi connectivity index (χ2v) is 5.11. The summed E-state index contributed by atoms with van der Waals surface area (Å²) >= 11 is 7.19. The highest BCUT2D eigenvalue weighted by Crippen LogP contribution is 2.18. The zero-order valence-corrected chi connectivity index (χ0v) is 11.9. The van der Waals surface area contributed by atoms with Crippen molar-refractivity contribution in [2.75, 3.05) is 6.54 Å². The van der Waals surface area contributed by atoms with Gasteiger partial charge in [0.2, 0.25) is 0 Å². The topological polar surface area (TPSA) is 51.2 Å². The normalized spacial score (nSPS) is 10.2. The average Bonchev–Trinajstić information content (AvgIpc) is 2.87. The van der Waals surface area contributed by atoms with E-state index in [0.717, 1.165) is 10.8 Å². The Kier molecular flexibility index (Phi) is 4.76. The largest absolute Gasteiger partial charge is 0.486 e. The van der Waals surface area contributed by atoms with E-state index in [0.29, 0.717) is 23.9 Å². The van der Waals surface area contributed by atoms with Crippen LogP contribution in [0.2, 0.25) is 5.02 Å². The number of hydrogen-bond acceptors (Lipinski definition) is 4. The first-order valence-corrected chi connectivity index (χ1v) is 7.05. The predicted molar refractivity (Wildman–Crippen MR) is 75.9 cm³/mol. The van der Waals surface area contributed by atoms with Gasteiger partial charge >= 0.3 is 0 Å². The van der Waals surface area contributed by atoms with Gasteiger partial charge in [-0.2, -0.15) is 0 Å². The van der Waals surface area contributed by atoms with Gasteiger partial charge in [0.05, 0.1) is 0 Å². The molecule has 0 radical (unpaired) electrons. The van der Waals surface area contributed by atoms with Crippen molar-refractivity contribution >= 4 is 28.8 Å². The summed E-state index contributed by atoms with van der Waals surface area (Å²) in [6.45, 7) is 2.80. The van der Waals surface area contributed by atoms with E-state index >= 15 is 0 Å². The van der Waals surface area contributed by atoms with Crippen LogP contribution in [-0.2, 0) is 6.61 Å². The summed E-state index contributed by atoms with van der Waals surface area (Å²) in [5.41, 5.74) is 0.432. The van der Waals surface area contributed by atoms with Gasteiger partial charge < -0.3 is 10.1 Å². The van der Waals surface area contributed by atoms with Crippen molar-refractivity contribution in [1.29, 1.82) is 0 Å². The number of carbonyl (C=O) groups excluding carboxylic acids is 1. The molecule has 1 heterocycles. The smallest absolute Gasteiger partial charge is 0.270 e. The Bertz CT molecular complexity index is 554. The van der Waals surface area contributed by atoms with E-state index in [1.807, 2.05) is 6.92 Å². The van der Waals surface area contributed by atoms with E-state index in [1.54, 1.807) is 29.6 Å². The molecule has 0 saturated carbocycles. The van der Waals surface area contributed by atoms with E-state index in [-0.39, 0.29) is 5.91 Å². The second-order valence-electron chi connectivity index (χ2n) is 3.73. The van der Waals surface area contributed by atoms with Crippen molar-refractivity contribution in [2.24, 2.45) is 0 Å². The molecule has 0 aliphatic carbocycles. The number of benzene rings is 1. The highest BCUT2D eigenvalue weighted by molar-refractivity contribution is 7.09. The summed E-state index contributed by atoms with van der Waals surface area (Å²) in [5.74, 6) is 0.565. The van der Waals surface area contributed by atoms with Crippen LogP contribution in [0.4, 0.5) is 0 Å². The third-order valence-electron chi connectivity index (χ3n) is 2.30. The fraction of sp³-hybridized carbons (Fsp3) is 0.231. The standard InChI is InChI=1S/C13H13ClN2O2S/c1-2-15-13(17)11-8-19-12(16-11)7-18-10-5-3-9(14)4-6-10/h3-6,8H,2,7H2,1H3,(H,15,17). The van der Waals surface area contributed by atoms with Crippen molar-refractivity contribution in [3.63, 3.8) is 0 Å². The van der Waals surface area contributed by atoms with Crippen LogP contribution in [0.15, 0.2) is 29.6 Å². The Labute approximate surface area is 120 Å². The summed E-state index contributed by atoms with van der Waals surface area (Å²) in [6.07, 6.45) is 0. The van der Waals surface area contributed by atoms with Gasteiger partial charge in [0.1, 0.15) is 23.1 Å². The molecule has 0 bridgehead atoms. The van der Waals surface area contributed by atoms with Gasteiger partial charge in [-0.3, -0.25) is 4.79 Å². The Morgan fingerprint density at radius 2 is 2.16 bits per heavy atom. The third-order valence-corrected chi connectivity index (χ3v) is 3.37. The van der Waals surface area contributed by atoms with Crippen LogP contribution in [0.25, 0.3) is 0 Å². The first-order chi connectivity index (χ1) is 9.19. The molecule has 0 unspecified atom stereocenters. The minimum Gasteiger partial charge on any atom is -0.486 e. The number of amides is 1. The second kappa shape index (κ2) is 6.54. The molecule has 0 atom stereocenters. The summed E-state index contributed by atoms with van der Waals surface area (Å²) in [5, 5.41) is 5.86. The van der Waals surface area contributed by atoms with Crippen LogP contribution in [0, 0.1) is 0 Å². The van der Waals surface area contributed by atoms with E-state index in [2.05, 4.69) is 10.3 Å². The zero-order chi connectivity index (χ0) is 13.7. The number of carbonyl (C=O) groups is 1. The molecule has 0 spiro atoms. The molecule has 1 aromatic carbocycles. The van der Waals surface area contributed by atoms with Crippen molar-refractivity contribution in [2.45, 2.75) is 13.5 Å². The fourth-order valence-corrected chi connectivity index (χ4v) is 2.22. The third kappa shape index (κ3) is 3.94. The monoisotopic (exact) mass is 296 g/mol. The lowest BCUT2D eigenvalue weighted by atomic mass is 10.3. The minimum absolute atomic E-state index is 0.156. The maximum atomic E-state index is 11.5. The molecular weight excluding hydrogens is 284 g/mol. The number of rotatable bonds is 5. The number of aromatic nitrogens is 1. The van der Waals surface area contributed by atoms with Crippen molar-refractivity contribution in [3.8, 4) is 5.75 Å². The first kappa shape index (κ1) is 13.8. The van der Waals surface area contributed by atoms with Crippen molar-refractivity contribution in [1.82, 2.24) is 10.3 Å². The van der Waals surface area contributed by atoms with E-state index < -0.39 is 0 Å². The van der Waals surface area contributed by atoms with Crippen LogP contribution >= 0.6 is 22.9 Å². The van der Waals surface area contributed by atoms with Gasteiger partial charge in [0.25, 0.3) is 5.91 Å². The fourth-order valence-electron chi connectivity index (χ4n) is 1.41. The van der Waals surface area contributed by atoms with Gasteiger partial charge in [-0.15, -0.1) is 11.3 Å². The minimum atomic E-state index is -0.156. The van der Waals surface area contributed by atoms with Crippen molar-refractivity contribution < 1.29 is 9.53 Å². The summed E-state index contributed by atoms with van der Waals surface area (Å²) in [7, 11) is 0. The molecule has 4 nitrogen and oxygen atoms in total. The number of thiazole rings is 1. The molecule has 0 aliphatic rings. The Morgan fingerprint density at radius 1 is 1.42 bits per heavy atom. The lowest BCUT2D eigenvalue weighted by molar-refractivity contribution is 0.0951. The molecule has 0 fully saturated rings. The summed E-state index contributed by atoms with van der Waals surface area (Å²) in [6, 6.07) is 7.11. The van der Waals surface area contributed by atoms with Gasteiger partial charge in [-0.25, -0.2) is 4.98 Å². The van der Waals surface area contributed by atoms with Gasteiger partial charge in [0, 0.05) is 16.9 Å². The van der Waals surface area contributed by atoms with Crippen LogP contribution in [0.3, 0.4) is 0 Å². The van der Waals surface area contributed by atoms with E-state index in [1.165, 1.54) is 11.3 Å². The zero-order valence-electron chi connectivity index (χ0n) is 10.4. The van der Waals surface area contributed by atoms with Crippen molar-refractivity contribution in [3.05, 3.63) is 45.4 Å². The lowest BCUT2D eigenvalue weighted by Gasteiger charge is -2.03. The number of ether oxygens (including phenoxy) is 1. The number of nitrogens with zero attached hydrogens (tertiary/aromatic N) is 1. The van der Waals surface area contributed by atoms with Crippen LogP contribution in [-0.4, -0.2) is 17.4 Å². The summed E-state index contributed by atoms with van der Waals surface area (Å²) in [4.78, 5) is 15.8. The maximum absolute atomic E-state index is 11.5. The number of hydrogen-bond donors (Lipinski definition) is 1. The van der Waals surface area contributed by atoms with Gasteiger partial charge in [0.15, 0.2) is 0 Å². The lowest BCUT2D eigenvalue weighted by Crippen LogP contribution is -2.22. The molecular formula is C13H13ClN2O2S. The molecule has 0 saturated heterocycles. The Hall–Kier alpha value is -1.59. The molecule has 19 heavy (non-hydrogen) atoms. The summed E-state index contributed by atoms with van der Waals surface area (Å²) < 4.78 is 5.56. The Morgan fingerprint density at radius 3 is 2.84 bits per heavy atom. The molecule has 1 aromatic heterocycles. The molecule has 1 amide bonds. The molecule has 100 valence electrons. The molecule has 2 aromatic rings. The number of halogens is 1. The first-order valence-electron chi connectivity index (χ1n) is 5.80. The molecule has 0 aliphatic heterocycles. The highest BCUT2D eigenvalue weighted by Gasteiger charge is 2.09. The van der Waals surface area contributed by atoms with Crippen LogP contribution < -0.4 is 10.1 Å². The quantitative estimate of drug-likeness (QED) is 0.922. The predicted octanol–water partition coefficient (Wildman–Crippen LogP) is 3.13. The molecule has 1 N–H and O–H groups in total.